The molecule has 2 atom stereocenters. The first-order valence-corrected chi connectivity index (χ1v) is 6.98. The van der Waals surface area contributed by atoms with Gasteiger partial charge in [0.2, 0.25) is 0 Å². The van der Waals surface area contributed by atoms with Crippen molar-refractivity contribution < 1.29 is 22.8 Å². The molecule has 1 saturated heterocycles. The molecule has 0 bridgehead atoms. The van der Waals surface area contributed by atoms with Crippen LogP contribution in [0.4, 0.5) is 24.5 Å². The number of benzene rings is 1. The van der Waals surface area contributed by atoms with Gasteiger partial charge in [0.25, 0.3) is 5.69 Å². The summed E-state index contributed by atoms with van der Waals surface area (Å²) >= 11 is 0. The van der Waals surface area contributed by atoms with E-state index in [4.69, 9.17) is 4.74 Å². The summed E-state index contributed by atoms with van der Waals surface area (Å²) in [4.78, 5) is 9.80. The molecule has 0 aromatic heterocycles. The van der Waals surface area contributed by atoms with Gasteiger partial charge in [-0.1, -0.05) is 0 Å². The highest BCUT2D eigenvalue weighted by Crippen LogP contribution is 2.37. The maximum absolute atomic E-state index is 13.0. The van der Waals surface area contributed by atoms with Crippen molar-refractivity contribution in [1.82, 2.24) is 0 Å². The molecule has 0 aliphatic carbocycles. The minimum absolute atomic E-state index is 0.0968. The zero-order chi connectivity index (χ0) is 16.3. The first-order chi connectivity index (χ1) is 10.3. The average molecular weight is 318 g/mol. The smallest absolute Gasteiger partial charge is 0.384 e. The Kier molecular flexibility index (Phi) is 4.90. The van der Waals surface area contributed by atoms with E-state index in [0.717, 1.165) is 25.0 Å². The van der Waals surface area contributed by atoms with Crippen LogP contribution in [0.3, 0.4) is 0 Å². The number of nitro benzene ring substituents is 1. The molecule has 0 spiro atoms. The van der Waals surface area contributed by atoms with Crippen LogP contribution < -0.4 is 5.32 Å². The molecule has 1 N–H and O–H groups in total. The first-order valence-electron chi connectivity index (χ1n) is 6.98. The van der Waals surface area contributed by atoms with Crippen molar-refractivity contribution >= 4 is 11.4 Å². The van der Waals surface area contributed by atoms with E-state index in [1.54, 1.807) is 0 Å². The van der Waals surface area contributed by atoms with E-state index < -0.39 is 22.4 Å². The maximum Gasteiger partial charge on any atom is 0.418 e. The minimum Gasteiger partial charge on any atom is -0.384 e. The summed E-state index contributed by atoms with van der Waals surface area (Å²) < 4.78 is 44.5. The van der Waals surface area contributed by atoms with Gasteiger partial charge in [0.1, 0.15) is 0 Å². The summed E-state index contributed by atoms with van der Waals surface area (Å²) in [5.41, 5.74) is -1.71. The van der Waals surface area contributed by atoms with Gasteiger partial charge in [-0.2, -0.15) is 13.2 Å². The van der Waals surface area contributed by atoms with Crippen LogP contribution in [-0.2, 0) is 10.9 Å². The summed E-state index contributed by atoms with van der Waals surface area (Å²) in [5.74, 6) is 0.222. The summed E-state index contributed by atoms with van der Waals surface area (Å²) in [5, 5.41) is 13.4. The molecule has 1 aromatic carbocycles. The van der Waals surface area contributed by atoms with E-state index >= 15 is 0 Å². The molecule has 122 valence electrons. The quantitative estimate of drug-likeness (QED) is 0.676. The number of anilines is 1. The van der Waals surface area contributed by atoms with Crippen molar-refractivity contribution in [2.24, 2.45) is 5.92 Å². The Bertz CT molecular complexity index is 549. The molecule has 22 heavy (non-hydrogen) atoms. The molecule has 0 saturated carbocycles. The predicted octanol–water partition coefficient (Wildman–Crippen LogP) is 3.84. The molecule has 5 nitrogen and oxygen atoms in total. The Hall–Kier alpha value is -1.83. The van der Waals surface area contributed by atoms with E-state index in [-0.39, 0.29) is 17.7 Å². The molecule has 1 aliphatic rings. The Morgan fingerprint density at radius 3 is 2.77 bits per heavy atom. The number of nitrogens with zero attached hydrogens (tertiary/aromatic N) is 1. The molecule has 1 heterocycles. The van der Waals surface area contributed by atoms with Gasteiger partial charge in [0.15, 0.2) is 0 Å². The second kappa shape index (κ2) is 6.51. The van der Waals surface area contributed by atoms with Crippen LogP contribution in [0.2, 0.25) is 0 Å². The van der Waals surface area contributed by atoms with Gasteiger partial charge >= 0.3 is 6.18 Å². The molecule has 0 radical (unpaired) electrons. The standard InChI is InChI=1S/C14H17F3N2O3/c1-9-6-10(4-5-22-9)8-18-13-3-2-11(19(20)21)7-12(13)14(15,16)17/h2-3,7,9-10,18H,4-6,8H2,1H3/t9-,10-/m0/s1. The summed E-state index contributed by atoms with van der Waals surface area (Å²) in [6, 6.07) is 2.75. The van der Waals surface area contributed by atoms with Crippen LogP contribution in [-0.4, -0.2) is 24.2 Å². The van der Waals surface area contributed by atoms with Gasteiger partial charge in [0, 0.05) is 31.0 Å². The Morgan fingerprint density at radius 2 is 2.18 bits per heavy atom. The van der Waals surface area contributed by atoms with Gasteiger partial charge in [0.05, 0.1) is 16.6 Å². The van der Waals surface area contributed by atoms with E-state index in [1.807, 2.05) is 6.92 Å². The Morgan fingerprint density at radius 1 is 1.45 bits per heavy atom. The lowest BCUT2D eigenvalue weighted by molar-refractivity contribution is -0.385. The second-order valence-corrected chi connectivity index (χ2v) is 5.44. The lowest BCUT2D eigenvalue weighted by Crippen LogP contribution is -2.28. The number of non-ortho nitro benzene ring substituents is 1. The minimum atomic E-state index is -4.64. The van der Waals surface area contributed by atoms with Crippen molar-refractivity contribution in [2.75, 3.05) is 18.5 Å². The number of alkyl halides is 3. The third-order valence-corrected chi connectivity index (χ3v) is 3.69. The fraction of sp³-hybridized carbons (Fsp3) is 0.571. The predicted molar refractivity (Wildman–Crippen MR) is 74.7 cm³/mol. The number of hydrogen-bond donors (Lipinski definition) is 1. The third kappa shape index (κ3) is 4.09. The SMILES string of the molecule is C[C@H]1C[C@@H](CNc2ccc([N+](=O)[O-])cc2C(F)(F)F)CCO1. The number of halogens is 3. The van der Waals surface area contributed by atoms with Crippen molar-refractivity contribution in [1.29, 1.82) is 0 Å². The van der Waals surface area contributed by atoms with Gasteiger partial charge in [-0.3, -0.25) is 10.1 Å². The Labute approximate surface area is 125 Å². The maximum atomic E-state index is 13.0. The van der Waals surface area contributed by atoms with Crippen LogP contribution in [0.25, 0.3) is 0 Å². The van der Waals surface area contributed by atoms with Crippen LogP contribution in [0.15, 0.2) is 18.2 Å². The zero-order valence-corrected chi connectivity index (χ0v) is 12.0. The molecular formula is C14H17F3N2O3. The molecule has 8 heteroatoms. The van der Waals surface area contributed by atoms with Crippen molar-refractivity contribution in [3.8, 4) is 0 Å². The van der Waals surface area contributed by atoms with Crippen molar-refractivity contribution in [3.63, 3.8) is 0 Å². The largest absolute Gasteiger partial charge is 0.418 e. The van der Waals surface area contributed by atoms with Crippen LogP contribution >= 0.6 is 0 Å². The molecular weight excluding hydrogens is 301 g/mol. The van der Waals surface area contributed by atoms with Gasteiger partial charge in [-0.25, -0.2) is 0 Å². The van der Waals surface area contributed by atoms with Crippen molar-refractivity contribution in [3.05, 3.63) is 33.9 Å². The van der Waals surface area contributed by atoms with Gasteiger partial charge < -0.3 is 10.1 Å². The monoisotopic (exact) mass is 318 g/mol. The molecule has 1 aliphatic heterocycles. The summed E-state index contributed by atoms with van der Waals surface area (Å²) in [6.45, 7) is 2.91. The lowest BCUT2D eigenvalue weighted by atomic mass is 9.96. The number of ether oxygens (including phenoxy) is 1. The third-order valence-electron chi connectivity index (χ3n) is 3.69. The fourth-order valence-electron chi connectivity index (χ4n) is 2.57. The molecule has 1 fully saturated rings. The molecule has 2 rings (SSSR count). The molecule has 1 aromatic rings. The van der Waals surface area contributed by atoms with E-state index in [0.29, 0.717) is 19.2 Å². The van der Waals surface area contributed by atoms with Crippen molar-refractivity contribution in [2.45, 2.75) is 32.0 Å². The number of rotatable bonds is 4. The van der Waals surface area contributed by atoms with E-state index in [1.165, 1.54) is 0 Å². The van der Waals surface area contributed by atoms with Crippen LogP contribution in [0.5, 0.6) is 0 Å². The molecule has 0 amide bonds. The van der Waals surface area contributed by atoms with E-state index in [9.17, 15) is 23.3 Å². The highest BCUT2D eigenvalue weighted by atomic mass is 19.4. The van der Waals surface area contributed by atoms with Crippen LogP contribution in [0.1, 0.15) is 25.3 Å². The summed E-state index contributed by atoms with van der Waals surface area (Å²) in [6.07, 6.45) is -2.98. The summed E-state index contributed by atoms with van der Waals surface area (Å²) in [7, 11) is 0. The van der Waals surface area contributed by atoms with Gasteiger partial charge in [-0.05, 0) is 31.7 Å². The average Bonchev–Trinajstić information content (AvgIpc) is 2.44. The number of hydrogen-bond acceptors (Lipinski definition) is 4. The fourth-order valence-corrected chi connectivity index (χ4v) is 2.57. The second-order valence-electron chi connectivity index (χ2n) is 5.44. The number of nitrogens with one attached hydrogen (secondary N) is 1. The van der Waals surface area contributed by atoms with Crippen LogP contribution in [0, 0.1) is 16.0 Å². The number of nitro groups is 1. The highest BCUT2D eigenvalue weighted by molar-refractivity contribution is 5.57. The van der Waals surface area contributed by atoms with E-state index in [2.05, 4.69) is 5.32 Å². The highest BCUT2D eigenvalue weighted by Gasteiger charge is 2.35. The molecule has 0 unspecified atom stereocenters. The normalized spacial score (nSPS) is 22.4. The van der Waals surface area contributed by atoms with Gasteiger partial charge in [-0.15, -0.1) is 0 Å². The lowest BCUT2D eigenvalue weighted by Gasteiger charge is -2.28. The topological polar surface area (TPSA) is 64.4 Å². The first kappa shape index (κ1) is 16.5. The zero-order valence-electron chi connectivity index (χ0n) is 12.0. The Balaban J connectivity index is 2.14.